The number of aromatic nitrogens is 4. The second-order valence-corrected chi connectivity index (χ2v) is 7.59. The predicted molar refractivity (Wildman–Crippen MR) is 115 cm³/mol. The fourth-order valence-electron chi connectivity index (χ4n) is 2.50. The van der Waals surface area contributed by atoms with Crippen molar-refractivity contribution in [2.45, 2.75) is 0 Å². The Hall–Kier alpha value is -2.23. The van der Waals surface area contributed by atoms with Gasteiger partial charge in [0.15, 0.2) is 0 Å². The van der Waals surface area contributed by atoms with Crippen LogP contribution in [0.1, 0.15) is 0 Å². The zero-order valence-corrected chi connectivity index (χ0v) is 18.6. The topological polar surface area (TPSA) is 90.0 Å². The molecule has 0 aliphatic carbocycles. The van der Waals surface area contributed by atoms with Gasteiger partial charge in [-0.1, -0.05) is 43.5 Å². The highest BCUT2D eigenvalue weighted by Gasteiger charge is 2.08. The first-order valence-electron chi connectivity index (χ1n) is 7.79. The molecule has 0 radical (unpaired) electrons. The smallest absolute Gasteiger partial charge is 0.258 e. The number of rotatable bonds is 2. The molecule has 0 aliphatic rings. The normalized spacial score (nSPS) is 10.5. The highest BCUT2D eigenvalue weighted by Crippen LogP contribution is 2.31. The Morgan fingerprint density at radius 2 is 1.46 bits per heavy atom. The van der Waals surface area contributed by atoms with Crippen molar-refractivity contribution in [3.63, 3.8) is 0 Å². The van der Waals surface area contributed by atoms with E-state index < -0.39 is 0 Å². The SMILES string of the molecule is COc1cc(Br)cc2c(=O)[nH]cnc12.COc1cc(Br)cc2c(Cl)ncnc12. The molecule has 0 aliphatic heterocycles. The van der Waals surface area contributed by atoms with Crippen LogP contribution in [-0.4, -0.2) is 34.2 Å². The van der Waals surface area contributed by atoms with Crippen molar-refractivity contribution in [2.75, 3.05) is 14.2 Å². The van der Waals surface area contributed by atoms with Crippen LogP contribution >= 0.6 is 43.5 Å². The van der Waals surface area contributed by atoms with E-state index in [2.05, 4.69) is 51.8 Å². The summed E-state index contributed by atoms with van der Waals surface area (Å²) in [5.41, 5.74) is 1.12. The molecule has 28 heavy (non-hydrogen) atoms. The highest BCUT2D eigenvalue weighted by atomic mass is 79.9. The quantitative estimate of drug-likeness (QED) is 0.378. The molecule has 4 rings (SSSR count). The van der Waals surface area contributed by atoms with Crippen molar-refractivity contribution in [3.8, 4) is 11.5 Å². The fourth-order valence-corrected chi connectivity index (χ4v) is 3.56. The van der Waals surface area contributed by atoms with Crippen molar-refractivity contribution in [3.05, 3.63) is 61.4 Å². The van der Waals surface area contributed by atoms with Crippen LogP contribution < -0.4 is 15.0 Å². The molecule has 7 nitrogen and oxygen atoms in total. The van der Waals surface area contributed by atoms with E-state index in [1.165, 1.54) is 12.7 Å². The summed E-state index contributed by atoms with van der Waals surface area (Å²) in [6.07, 6.45) is 2.78. The Morgan fingerprint density at radius 3 is 2.07 bits per heavy atom. The molecule has 10 heteroatoms. The van der Waals surface area contributed by atoms with Crippen molar-refractivity contribution in [1.82, 2.24) is 19.9 Å². The average Bonchev–Trinajstić information content (AvgIpc) is 2.69. The number of nitrogens with zero attached hydrogens (tertiary/aromatic N) is 3. The Morgan fingerprint density at radius 1 is 0.893 bits per heavy atom. The third-order valence-corrected chi connectivity index (χ3v) is 4.95. The van der Waals surface area contributed by atoms with Gasteiger partial charge in [0, 0.05) is 14.3 Å². The number of ether oxygens (including phenoxy) is 2. The zero-order chi connectivity index (χ0) is 20.3. The van der Waals surface area contributed by atoms with E-state index in [1.54, 1.807) is 26.4 Å². The van der Waals surface area contributed by atoms with Crippen LogP contribution in [-0.2, 0) is 0 Å². The minimum atomic E-state index is -0.172. The summed E-state index contributed by atoms with van der Waals surface area (Å²) in [5, 5.41) is 1.72. The Kier molecular flexibility index (Phi) is 6.48. The van der Waals surface area contributed by atoms with Gasteiger partial charge in [-0.15, -0.1) is 0 Å². The van der Waals surface area contributed by atoms with E-state index in [0.717, 1.165) is 19.8 Å². The van der Waals surface area contributed by atoms with Gasteiger partial charge in [-0.25, -0.2) is 15.0 Å². The van der Waals surface area contributed by atoms with E-state index in [0.29, 0.717) is 27.6 Å². The maximum atomic E-state index is 11.4. The standard InChI is InChI=1S/C9H6BrClN2O.C9H7BrN2O2/c1-14-7-3-5(10)2-6-8(7)12-4-13-9(6)11;1-14-7-3-5(10)2-6-8(7)11-4-12-9(6)13/h2-4H,1H3;2-4H,1H3,(H,11,12,13). The molecule has 2 aromatic heterocycles. The molecule has 0 bridgehead atoms. The number of hydrogen-bond donors (Lipinski definition) is 1. The van der Waals surface area contributed by atoms with Crippen molar-refractivity contribution in [1.29, 1.82) is 0 Å². The number of halogens is 3. The number of aromatic amines is 1. The van der Waals surface area contributed by atoms with Gasteiger partial charge < -0.3 is 14.5 Å². The minimum Gasteiger partial charge on any atom is -0.494 e. The maximum Gasteiger partial charge on any atom is 0.258 e. The van der Waals surface area contributed by atoms with E-state index >= 15 is 0 Å². The highest BCUT2D eigenvalue weighted by molar-refractivity contribution is 9.10. The third-order valence-electron chi connectivity index (χ3n) is 3.73. The van der Waals surface area contributed by atoms with Crippen LogP contribution in [0, 0.1) is 0 Å². The Balaban J connectivity index is 0.000000161. The van der Waals surface area contributed by atoms with E-state index in [4.69, 9.17) is 21.1 Å². The third kappa shape index (κ3) is 4.26. The molecule has 4 aromatic rings. The van der Waals surface area contributed by atoms with Crippen LogP contribution in [0.25, 0.3) is 21.8 Å². The van der Waals surface area contributed by atoms with Crippen LogP contribution in [0.4, 0.5) is 0 Å². The Bertz CT molecular complexity index is 1220. The van der Waals surface area contributed by atoms with Gasteiger partial charge in [-0.3, -0.25) is 4.79 Å². The molecule has 0 saturated heterocycles. The molecule has 2 heterocycles. The summed E-state index contributed by atoms with van der Waals surface area (Å²) in [5.74, 6) is 1.26. The summed E-state index contributed by atoms with van der Waals surface area (Å²) >= 11 is 12.6. The van der Waals surface area contributed by atoms with E-state index in [-0.39, 0.29) is 5.56 Å². The van der Waals surface area contributed by atoms with Crippen molar-refractivity contribution < 1.29 is 9.47 Å². The molecule has 0 fully saturated rings. The second-order valence-electron chi connectivity index (χ2n) is 5.40. The number of fused-ring (bicyclic) bond motifs is 2. The summed E-state index contributed by atoms with van der Waals surface area (Å²) in [4.78, 5) is 26.0. The van der Waals surface area contributed by atoms with Crippen LogP contribution in [0.15, 0.2) is 50.7 Å². The van der Waals surface area contributed by atoms with E-state index in [9.17, 15) is 4.79 Å². The van der Waals surface area contributed by atoms with Gasteiger partial charge >= 0.3 is 0 Å². The number of hydrogen-bond acceptors (Lipinski definition) is 6. The molecule has 0 unspecified atom stereocenters. The summed E-state index contributed by atoms with van der Waals surface area (Å²) in [6, 6.07) is 7.18. The lowest BCUT2D eigenvalue weighted by Crippen LogP contribution is -2.06. The van der Waals surface area contributed by atoms with E-state index in [1.807, 2.05) is 12.1 Å². The van der Waals surface area contributed by atoms with Gasteiger partial charge in [0.2, 0.25) is 0 Å². The molecular formula is C18H13Br2ClN4O3. The van der Waals surface area contributed by atoms with Gasteiger partial charge in [-0.05, 0) is 24.3 Å². The monoisotopic (exact) mass is 526 g/mol. The molecular weight excluding hydrogens is 515 g/mol. The molecule has 0 spiro atoms. The van der Waals surface area contributed by atoms with Crippen LogP contribution in [0.3, 0.4) is 0 Å². The van der Waals surface area contributed by atoms with Crippen molar-refractivity contribution in [2.24, 2.45) is 0 Å². The first kappa shape index (κ1) is 20.5. The molecule has 0 amide bonds. The lowest BCUT2D eigenvalue weighted by Gasteiger charge is -2.05. The summed E-state index contributed by atoms with van der Waals surface area (Å²) in [6.45, 7) is 0. The number of H-pyrrole nitrogens is 1. The second kappa shape index (κ2) is 8.85. The first-order valence-corrected chi connectivity index (χ1v) is 9.75. The summed E-state index contributed by atoms with van der Waals surface area (Å²) in [7, 11) is 3.14. The van der Waals surface area contributed by atoms with Crippen LogP contribution in [0.2, 0.25) is 5.15 Å². The number of benzene rings is 2. The van der Waals surface area contributed by atoms with Gasteiger partial charge in [-0.2, -0.15) is 0 Å². The number of methoxy groups -OCH3 is 2. The van der Waals surface area contributed by atoms with Crippen LogP contribution in [0.5, 0.6) is 11.5 Å². The largest absolute Gasteiger partial charge is 0.494 e. The van der Waals surface area contributed by atoms with Gasteiger partial charge in [0.25, 0.3) is 5.56 Å². The molecule has 0 atom stereocenters. The average molecular weight is 529 g/mol. The maximum absolute atomic E-state index is 11.4. The fraction of sp³-hybridized carbons (Fsp3) is 0.111. The van der Waals surface area contributed by atoms with Crippen molar-refractivity contribution >= 4 is 65.3 Å². The lowest BCUT2D eigenvalue weighted by atomic mass is 10.2. The van der Waals surface area contributed by atoms with Gasteiger partial charge in [0.05, 0.1) is 25.9 Å². The Labute approximate surface area is 181 Å². The first-order chi connectivity index (χ1) is 13.4. The molecule has 0 saturated carbocycles. The molecule has 2 aromatic carbocycles. The lowest BCUT2D eigenvalue weighted by molar-refractivity contribution is 0.418. The number of nitrogens with one attached hydrogen (secondary N) is 1. The van der Waals surface area contributed by atoms with Gasteiger partial charge in [0.1, 0.15) is 34.0 Å². The molecule has 1 N–H and O–H groups in total. The molecule has 144 valence electrons. The summed E-state index contributed by atoms with van der Waals surface area (Å²) < 4.78 is 12.0. The zero-order valence-electron chi connectivity index (χ0n) is 14.7. The predicted octanol–water partition coefficient (Wildman–Crippen LogP) is 4.75. The minimum absolute atomic E-state index is 0.172.